The molecule has 1 aromatic rings. The van der Waals surface area contributed by atoms with E-state index in [0.29, 0.717) is 0 Å². The van der Waals surface area contributed by atoms with Gasteiger partial charge in [-0.1, -0.05) is 0 Å². The molecule has 2 aliphatic heterocycles. The summed E-state index contributed by atoms with van der Waals surface area (Å²) >= 11 is 0. The Morgan fingerprint density at radius 2 is 2.00 bits per heavy atom. The number of aliphatic hydroxyl groups is 1. The third-order valence-electron chi connectivity index (χ3n) is 4.67. The molecule has 156 valence electrons. The van der Waals surface area contributed by atoms with Gasteiger partial charge in [0.25, 0.3) is 5.56 Å². The average molecular weight is 399 g/mol. The van der Waals surface area contributed by atoms with Crippen molar-refractivity contribution in [3.63, 3.8) is 0 Å². The molecule has 1 amide bonds. The lowest BCUT2D eigenvalue weighted by Gasteiger charge is -2.34. The molecule has 28 heavy (non-hydrogen) atoms. The minimum atomic E-state index is -1.03. The van der Waals surface area contributed by atoms with Gasteiger partial charge in [-0.05, 0) is 40.7 Å². The van der Waals surface area contributed by atoms with Crippen LogP contribution in [0.1, 0.15) is 46.2 Å². The number of carbonyl (C=O) groups is 1. The molecule has 3 rings (SSSR count). The highest BCUT2D eigenvalue weighted by Gasteiger charge is 2.60. The smallest absolute Gasteiger partial charge is 0.411 e. The van der Waals surface area contributed by atoms with Crippen LogP contribution in [0.25, 0.3) is 0 Å². The molecule has 9 nitrogen and oxygen atoms in total. The van der Waals surface area contributed by atoms with Crippen LogP contribution in [0, 0.1) is 5.82 Å². The lowest BCUT2D eigenvalue weighted by atomic mass is 10.0. The van der Waals surface area contributed by atoms with Gasteiger partial charge in [0.05, 0.1) is 18.7 Å². The molecule has 0 saturated carbocycles. The number of hydrogen-bond donors (Lipinski definition) is 3. The molecule has 2 saturated heterocycles. The molecule has 4 atom stereocenters. The van der Waals surface area contributed by atoms with Crippen LogP contribution in [-0.4, -0.2) is 57.3 Å². The number of likely N-dealkylation sites (tertiary alicyclic amines) is 1. The number of pyridine rings is 1. The van der Waals surface area contributed by atoms with Crippen molar-refractivity contribution in [2.24, 2.45) is 0 Å². The first-order valence-electron chi connectivity index (χ1n) is 9.00. The minimum Gasteiger partial charge on any atom is -0.444 e. The Kier molecular flexibility index (Phi) is 4.93. The third-order valence-corrected chi connectivity index (χ3v) is 4.67. The zero-order valence-corrected chi connectivity index (χ0v) is 16.5. The number of H-pyrrole nitrogens is 1. The normalized spacial score (nSPS) is 29.0. The number of hydrogen-bond acceptors (Lipinski definition) is 7. The van der Waals surface area contributed by atoms with Gasteiger partial charge in [-0.15, -0.1) is 0 Å². The van der Waals surface area contributed by atoms with E-state index in [1.165, 1.54) is 4.90 Å². The molecule has 0 radical (unpaired) electrons. The number of carbonyl (C=O) groups excluding carboxylic acids is 1. The summed E-state index contributed by atoms with van der Waals surface area (Å²) in [6.45, 7) is 7.99. The number of aromatic nitrogens is 1. The van der Waals surface area contributed by atoms with Gasteiger partial charge in [-0.25, -0.2) is 9.18 Å². The van der Waals surface area contributed by atoms with Crippen molar-refractivity contribution in [2.75, 3.05) is 12.3 Å². The van der Waals surface area contributed by atoms with E-state index >= 15 is 0 Å². The van der Waals surface area contributed by atoms with Crippen molar-refractivity contribution in [3.8, 4) is 0 Å². The second kappa shape index (κ2) is 6.71. The molecule has 0 aliphatic carbocycles. The number of nitrogens with zero attached hydrogens (tertiary/aromatic N) is 1. The summed E-state index contributed by atoms with van der Waals surface area (Å²) in [5, 5.41) is 9.97. The monoisotopic (exact) mass is 399 g/mol. The lowest BCUT2D eigenvalue weighted by molar-refractivity contribution is -0.169. The topological polar surface area (TPSA) is 127 Å². The third kappa shape index (κ3) is 3.59. The number of nitrogen functional groups attached to an aromatic ring is 1. The van der Waals surface area contributed by atoms with Gasteiger partial charge in [0.2, 0.25) is 0 Å². The molecule has 4 N–H and O–H groups in total. The zero-order valence-electron chi connectivity index (χ0n) is 16.5. The predicted octanol–water partition coefficient (Wildman–Crippen LogP) is 1.27. The van der Waals surface area contributed by atoms with Crippen molar-refractivity contribution in [1.29, 1.82) is 0 Å². The number of amides is 1. The molecule has 0 aromatic carbocycles. The molecule has 4 unspecified atom stereocenters. The van der Waals surface area contributed by atoms with Gasteiger partial charge in [0.1, 0.15) is 23.6 Å². The molecule has 1 aromatic heterocycles. The quantitative estimate of drug-likeness (QED) is 0.683. The van der Waals surface area contributed by atoms with Gasteiger partial charge in [0.15, 0.2) is 11.6 Å². The first kappa shape index (κ1) is 20.6. The Morgan fingerprint density at radius 3 is 2.57 bits per heavy atom. The van der Waals surface area contributed by atoms with E-state index in [2.05, 4.69) is 4.98 Å². The number of aromatic amines is 1. The van der Waals surface area contributed by atoms with E-state index in [1.807, 2.05) is 0 Å². The number of rotatable bonds is 2. The second-order valence-electron chi connectivity index (χ2n) is 8.46. The molecule has 2 aliphatic rings. The number of ether oxygens (including phenoxy) is 3. The van der Waals surface area contributed by atoms with Crippen LogP contribution < -0.4 is 11.3 Å². The molecule has 2 fully saturated rings. The van der Waals surface area contributed by atoms with Gasteiger partial charge < -0.3 is 30.0 Å². The number of fused-ring (bicyclic) bond motifs is 1. The highest BCUT2D eigenvalue weighted by molar-refractivity contribution is 5.70. The van der Waals surface area contributed by atoms with Crippen LogP contribution in [-0.2, 0) is 14.2 Å². The second-order valence-corrected chi connectivity index (χ2v) is 8.46. The summed E-state index contributed by atoms with van der Waals surface area (Å²) in [6, 6.07) is -0.897. The maximum Gasteiger partial charge on any atom is 0.411 e. The number of nitrogens with two attached hydrogens (primary N) is 1. The summed E-state index contributed by atoms with van der Waals surface area (Å²) in [4.78, 5) is 28.9. The Bertz CT molecular complexity index is 834. The number of anilines is 1. The number of nitrogens with one attached hydrogen (secondary N) is 1. The summed E-state index contributed by atoms with van der Waals surface area (Å²) < 4.78 is 31.4. The minimum absolute atomic E-state index is 0.0650. The fraction of sp³-hybridized carbons (Fsp3) is 0.667. The van der Waals surface area contributed by atoms with Crippen LogP contribution in [0.4, 0.5) is 15.0 Å². The van der Waals surface area contributed by atoms with Crippen molar-refractivity contribution in [3.05, 3.63) is 27.8 Å². The van der Waals surface area contributed by atoms with Crippen LogP contribution in [0.2, 0.25) is 0 Å². The van der Waals surface area contributed by atoms with Gasteiger partial charge in [-0.2, -0.15) is 0 Å². The highest BCUT2D eigenvalue weighted by Crippen LogP contribution is 2.47. The van der Waals surface area contributed by atoms with Crippen LogP contribution in [0.3, 0.4) is 0 Å². The predicted molar refractivity (Wildman–Crippen MR) is 96.9 cm³/mol. The number of halogens is 1. The fourth-order valence-electron chi connectivity index (χ4n) is 3.72. The van der Waals surface area contributed by atoms with E-state index < -0.39 is 65.6 Å². The first-order chi connectivity index (χ1) is 12.8. The summed E-state index contributed by atoms with van der Waals surface area (Å²) in [5.74, 6) is -2.24. The maximum absolute atomic E-state index is 14.1. The van der Waals surface area contributed by atoms with Crippen molar-refractivity contribution in [1.82, 2.24) is 9.88 Å². The largest absolute Gasteiger partial charge is 0.444 e. The van der Waals surface area contributed by atoms with E-state index in [9.17, 15) is 19.1 Å². The Labute approximate surface area is 161 Å². The van der Waals surface area contributed by atoms with Gasteiger partial charge in [-0.3, -0.25) is 9.69 Å². The van der Waals surface area contributed by atoms with Gasteiger partial charge >= 0.3 is 6.09 Å². The average Bonchev–Trinajstić information content (AvgIpc) is 2.99. The van der Waals surface area contributed by atoms with Crippen LogP contribution in [0.15, 0.2) is 10.9 Å². The van der Waals surface area contributed by atoms with Gasteiger partial charge in [0, 0.05) is 5.56 Å². The van der Waals surface area contributed by atoms with E-state index in [-0.39, 0.29) is 5.56 Å². The summed E-state index contributed by atoms with van der Waals surface area (Å²) in [6.07, 6.45) is -2.30. The highest BCUT2D eigenvalue weighted by atomic mass is 19.1. The molecular formula is C18H26FN3O6. The number of aliphatic hydroxyl groups excluding tert-OH is 1. The van der Waals surface area contributed by atoms with Crippen molar-refractivity contribution < 1.29 is 28.5 Å². The van der Waals surface area contributed by atoms with E-state index in [0.717, 1.165) is 6.07 Å². The molecule has 0 spiro atoms. The summed E-state index contributed by atoms with van der Waals surface area (Å²) in [5.41, 5.74) is 3.89. The molecule has 0 bridgehead atoms. The molecular weight excluding hydrogens is 373 g/mol. The Hall–Kier alpha value is -2.17. The molecule has 3 heterocycles. The fourth-order valence-corrected chi connectivity index (χ4v) is 3.72. The van der Waals surface area contributed by atoms with E-state index in [1.54, 1.807) is 34.6 Å². The standard InChI is InChI=1S/C18H26FN3O6/c1-17(2,3)28-16(25)22-10(7-23)12-13(27-18(4,5)26-12)11(22)8-6-9(19)14(20)21-15(8)24/h6,10-13,23H,7H2,1-5H3,(H3,20,21,24). The SMILES string of the molecule is CC(C)(C)OC(=O)N1C(CO)C2OC(C)(C)OC2C1c1cc(F)c(N)[nH]c1=O. The Morgan fingerprint density at radius 1 is 1.39 bits per heavy atom. The van der Waals surface area contributed by atoms with Crippen LogP contribution in [0.5, 0.6) is 0 Å². The molecule has 10 heteroatoms. The maximum atomic E-state index is 14.1. The summed E-state index contributed by atoms with van der Waals surface area (Å²) in [7, 11) is 0. The van der Waals surface area contributed by atoms with Crippen molar-refractivity contribution in [2.45, 2.75) is 70.3 Å². The zero-order chi connectivity index (χ0) is 21.0. The van der Waals surface area contributed by atoms with Crippen molar-refractivity contribution >= 4 is 11.9 Å². The lowest BCUT2D eigenvalue weighted by Crippen LogP contribution is -2.47. The Balaban J connectivity index is 2.12. The first-order valence-corrected chi connectivity index (χ1v) is 9.00. The van der Waals surface area contributed by atoms with E-state index in [4.69, 9.17) is 19.9 Å². The van der Waals surface area contributed by atoms with Crippen LogP contribution >= 0.6 is 0 Å².